The number of aromatic amines is 1. The molecular formula is C14H16F3IN6O2. The molecule has 26 heavy (non-hydrogen) atoms. The zero-order chi connectivity index (χ0) is 17.9. The lowest BCUT2D eigenvalue weighted by Gasteiger charge is -2.10. The van der Waals surface area contributed by atoms with Crippen molar-refractivity contribution < 1.29 is 22.6 Å². The lowest BCUT2D eigenvalue weighted by atomic mass is 10.3. The van der Waals surface area contributed by atoms with Gasteiger partial charge in [0.15, 0.2) is 17.5 Å². The summed E-state index contributed by atoms with van der Waals surface area (Å²) in [7, 11) is 0. The topological polar surface area (TPSA) is 110 Å². The number of halogens is 4. The van der Waals surface area contributed by atoms with Gasteiger partial charge in [-0.25, -0.2) is 9.98 Å². The van der Waals surface area contributed by atoms with Crippen LogP contribution in [0.1, 0.15) is 18.1 Å². The Balaban J connectivity index is 0.00000243. The van der Waals surface area contributed by atoms with E-state index in [1.54, 1.807) is 18.2 Å². The first-order valence-electron chi connectivity index (χ1n) is 7.37. The molecule has 142 valence electrons. The number of rotatable bonds is 3. The van der Waals surface area contributed by atoms with E-state index in [-0.39, 0.29) is 42.3 Å². The minimum Gasteiger partial charge on any atom is -0.490 e. The molecule has 1 aromatic heterocycles. The highest BCUT2D eigenvalue weighted by Crippen LogP contribution is 2.32. The first-order valence-corrected chi connectivity index (χ1v) is 7.37. The number of alkyl halides is 3. The van der Waals surface area contributed by atoms with E-state index < -0.39 is 12.0 Å². The maximum Gasteiger partial charge on any atom is 0.453 e. The van der Waals surface area contributed by atoms with Gasteiger partial charge in [-0.3, -0.25) is 5.10 Å². The quantitative estimate of drug-likeness (QED) is 0.351. The smallest absolute Gasteiger partial charge is 0.453 e. The van der Waals surface area contributed by atoms with Crippen LogP contribution in [0.4, 0.5) is 18.9 Å². The van der Waals surface area contributed by atoms with Gasteiger partial charge in [0, 0.05) is 18.2 Å². The summed E-state index contributed by atoms with van der Waals surface area (Å²) in [5.74, 6) is -0.0532. The second-order valence-electron chi connectivity index (χ2n) is 5.14. The maximum absolute atomic E-state index is 12.4. The summed E-state index contributed by atoms with van der Waals surface area (Å²) in [5, 5.41) is 8.08. The summed E-state index contributed by atoms with van der Waals surface area (Å²) in [6, 6.07) is 5.17. The van der Waals surface area contributed by atoms with Crippen LogP contribution >= 0.6 is 24.0 Å². The summed E-state index contributed by atoms with van der Waals surface area (Å²) >= 11 is 0. The van der Waals surface area contributed by atoms with Gasteiger partial charge in [-0.05, 0) is 12.1 Å². The van der Waals surface area contributed by atoms with Gasteiger partial charge in [-0.15, -0.1) is 29.1 Å². The Kier molecular flexibility index (Phi) is 6.50. The first kappa shape index (κ1) is 20.1. The van der Waals surface area contributed by atoms with Gasteiger partial charge in [-0.2, -0.15) is 13.2 Å². The minimum absolute atomic E-state index is 0. The molecule has 0 bridgehead atoms. The Morgan fingerprint density at radius 2 is 2.00 bits per heavy atom. The Morgan fingerprint density at radius 3 is 2.69 bits per heavy atom. The highest BCUT2D eigenvalue weighted by molar-refractivity contribution is 14.0. The molecule has 1 aromatic carbocycles. The predicted octanol–water partition coefficient (Wildman–Crippen LogP) is 2.53. The van der Waals surface area contributed by atoms with Gasteiger partial charge >= 0.3 is 6.18 Å². The molecule has 0 saturated heterocycles. The van der Waals surface area contributed by atoms with Crippen molar-refractivity contribution in [3.8, 4) is 11.5 Å². The average Bonchev–Trinajstić information content (AvgIpc) is 2.92. The third-order valence-electron chi connectivity index (χ3n) is 3.20. The molecule has 0 radical (unpaired) electrons. The van der Waals surface area contributed by atoms with Gasteiger partial charge in [0.25, 0.3) is 5.82 Å². The van der Waals surface area contributed by atoms with Gasteiger partial charge in [0.2, 0.25) is 0 Å². The number of guanidine groups is 1. The Labute approximate surface area is 163 Å². The van der Waals surface area contributed by atoms with Crippen molar-refractivity contribution in [2.24, 2.45) is 10.7 Å². The number of ether oxygens (including phenoxy) is 2. The fraction of sp³-hybridized carbons (Fsp3) is 0.357. The Bertz CT molecular complexity index is 780. The van der Waals surface area contributed by atoms with Crippen LogP contribution in [0.15, 0.2) is 23.2 Å². The Morgan fingerprint density at radius 1 is 1.27 bits per heavy atom. The van der Waals surface area contributed by atoms with Crippen LogP contribution in [0.2, 0.25) is 0 Å². The number of hydrogen-bond acceptors (Lipinski definition) is 5. The van der Waals surface area contributed by atoms with Crippen LogP contribution in [-0.2, 0) is 12.7 Å². The number of anilines is 1. The van der Waals surface area contributed by atoms with Crippen molar-refractivity contribution in [2.45, 2.75) is 19.1 Å². The fourth-order valence-electron chi connectivity index (χ4n) is 2.08. The number of nitrogens with one attached hydrogen (secondary N) is 2. The standard InChI is InChI=1S/C14H15F3N6O2.HI/c15-14(16,17)12-21-11(22-23-12)7-19-13(18)20-8-2-3-9-10(6-8)25-5-1-4-24-9;/h2-3,6H,1,4-5,7H2,(H3,18,19,20)(H,21,22,23);1H. The van der Waals surface area contributed by atoms with E-state index in [1.165, 1.54) is 0 Å². The molecule has 1 aliphatic rings. The number of benzene rings is 1. The molecule has 0 unspecified atom stereocenters. The number of nitrogens with zero attached hydrogens (tertiary/aromatic N) is 3. The molecule has 1 aliphatic heterocycles. The summed E-state index contributed by atoms with van der Waals surface area (Å²) in [6.45, 7) is 0.958. The van der Waals surface area contributed by atoms with Gasteiger partial charge in [0.1, 0.15) is 12.4 Å². The van der Waals surface area contributed by atoms with Crippen LogP contribution in [-0.4, -0.2) is 34.4 Å². The summed E-state index contributed by atoms with van der Waals surface area (Å²) in [6.07, 6.45) is -3.82. The second-order valence-corrected chi connectivity index (χ2v) is 5.14. The molecule has 2 aromatic rings. The van der Waals surface area contributed by atoms with Gasteiger partial charge in [0.05, 0.1) is 13.2 Å². The van der Waals surface area contributed by atoms with Crippen LogP contribution in [0.5, 0.6) is 11.5 Å². The number of H-pyrrole nitrogens is 1. The van der Waals surface area contributed by atoms with E-state index >= 15 is 0 Å². The van der Waals surface area contributed by atoms with Gasteiger partial charge < -0.3 is 20.5 Å². The van der Waals surface area contributed by atoms with Crippen molar-refractivity contribution in [1.82, 2.24) is 15.2 Å². The summed E-state index contributed by atoms with van der Waals surface area (Å²) < 4.78 is 48.3. The molecule has 0 atom stereocenters. The molecule has 8 nitrogen and oxygen atoms in total. The van der Waals surface area contributed by atoms with Gasteiger partial charge in [-0.1, -0.05) is 0 Å². The molecule has 4 N–H and O–H groups in total. The number of hydrogen-bond donors (Lipinski definition) is 3. The highest BCUT2D eigenvalue weighted by Gasteiger charge is 2.35. The van der Waals surface area contributed by atoms with Crippen LogP contribution in [0.25, 0.3) is 0 Å². The van der Waals surface area contributed by atoms with E-state index in [9.17, 15) is 13.2 Å². The molecule has 2 heterocycles. The molecule has 0 amide bonds. The first-order chi connectivity index (χ1) is 11.9. The average molecular weight is 484 g/mol. The van der Waals surface area contributed by atoms with E-state index in [1.807, 2.05) is 0 Å². The third-order valence-corrected chi connectivity index (χ3v) is 3.20. The number of nitrogens with two attached hydrogens (primary N) is 1. The molecule has 0 aliphatic carbocycles. The zero-order valence-electron chi connectivity index (χ0n) is 13.3. The molecule has 3 rings (SSSR count). The number of aliphatic imine (C=N–C) groups is 1. The molecular weight excluding hydrogens is 468 g/mol. The van der Waals surface area contributed by atoms with Crippen molar-refractivity contribution in [1.29, 1.82) is 0 Å². The number of aromatic nitrogens is 3. The van der Waals surface area contributed by atoms with Crippen molar-refractivity contribution in [3.63, 3.8) is 0 Å². The highest BCUT2D eigenvalue weighted by atomic mass is 127. The Hall–Kier alpha value is -2.25. The minimum atomic E-state index is -4.60. The lowest BCUT2D eigenvalue weighted by molar-refractivity contribution is -0.144. The van der Waals surface area contributed by atoms with E-state index in [4.69, 9.17) is 15.2 Å². The SMILES string of the molecule is I.NC(=NCc1nc(C(F)(F)F)n[nH]1)Nc1ccc2c(c1)OCCCO2. The number of fused-ring (bicyclic) bond motifs is 1. The normalized spacial score (nSPS) is 14.3. The van der Waals surface area contributed by atoms with Crippen LogP contribution < -0.4 is 20.5 Å². The fourth-order valence-corrected chi connectivity index (χ4v) is 2.08. The van der Waals surface area contributed by atoms with Crippen LogP contribution in [0.3, 0.4) is 0 Å². The van der Waals surface area contributed by atoms with E-state index in [2.05, 4.69) is 25.5 Å². The monoisotopic (exact) mass is 484 g/mol. The second kappa shape index (κ2) is 8.42. The third kappa shape index (κ3) is 5.12. The molecule has 12 heteroatoms. The largest absolute Gasteiger partial charge is 0.490 e. The van der Waals surface area contributed by atoms with Crippen molar-refractivity contribution in [2.75, 3.05) is 18.5 Å². The maximum atomic E-state index is 12.4. The predicted molar refractivity (Wildman–Crippen MR) is 97.8 cm³/mol. The lowest BCUT2D eigenvalue weighted by Crippen LogP contribution is -2.22. The van der Waals surface area contributed by atoms with E-state index in [0.29, 0.717) is 30.4 Å². The zero-order valence-corrected chi connectivity index (χ0v) is 15.7. The molecule has 0 fully saturated rings. The van der Waals surface area contributed by atoms with Crippen molar-refractivity contribution in [3.05, 3.63) is 29.8 Å². The summed E-state index contributed by atoms with van der Waals surface area (Å²) in [4.78, 5) is 7.24. The van der Waals surface area contributed by atoms with Crippen LogP contribution in [0, 0.1) is 0 Å². The van der Waals surface area contributed by atoms with E-state index in [0.717, 1.165) is 6.42 Å². The van der Waals surface area contributed by atoms with Crippen molar-refractivity contribution >= 4 is 35.6 Å². The molecule has 0 spiro atoms. The molecule has 0 saturated carbocycles. The summed E-state index contributed by atoms with van der Waals surface area (Å²) in [5.41, 5.74) is 6.35.